The van der Waals surface area contributed by atoms with Gasteiger partial charge in [0.1, 0.15) is 11.2 Å². The topological polar surface area (TPSA) is 13.1 Å². The Kier molecular flexibility index (Phi) is 16.8. The fraction of sp³-hybridized carbons (Fsp3) is 0.115. The first-order chi connectivity index (χ1) is 30.8. The van der Waals surface area contributed by atoms with Crippen molar-refractivity contribution in [3.8, 4) is 22.3 Å². The molecule has 314 valence electrons. The molecule has 1 nitrogen and oxygen atoms in total. The Labute approximate surface area is 379 Å². The Bertz CT molecular complexity index is 2790. The van der Waals surface area contributed by atoms with Crippen molar-refractivity contribution in [3.63, 3.8) is 0 Å². The van der Waals surface area contributed by atoms with E-state index in [1.807, 2.05) is 91.9 Å². The van der Waals surface area contributed by atoms with Crippen LogP contribution < -0.4 is 0 Å². The number of hydrogen-bond acceptors (Lipinski definition) is 2. The minimum Gasteiger partial charge on any atom is -0.455 e. The first kappa shape index (κ1) is 45.5. The molecular formula is C61H58OS. The van der Waals surface area contributed by atoms with Gasteiger partial charge in [0.25, 0.3) is 0 Å². The molecular weight excluding hydrogens is 781 g/mol. The summed E-state index contributed by atoms with van der Waals surface area (Å²) in [6, 6.07) is 78.0. The Hall–Kier alpha value is -7.00. The maximum absolute atomic E-state index is 6.07. The number of para-hydroxylation sites is 2. The predicted molar refractivity (Wildman–Crippen MR) is 278 cm³/mol. The van der Waals surface area contributed by atoms with Crippen LogP contribution in [0.2, 0.25) is 0 Å². The van der Waals surface area contributed by atoms with Gasteiger partial charge >= 0.3 is 0 Å². The smallest absolute Gasteiger partial charge is 0.143 e. The highest BCUT2D eigenvalue weighted by Crippen LogP contribution is 2.40. The van der Waals surface area contributed by atoms with Crippen molar-refractivity contribution in [3.05, 3.63) is 252 Å². The molecule has 0 saturated carbocycles. The van der Waals surface area contributed by atoms with E-state index in [1.165, 1.54) is 75.5 Å². The van der Waals surface area contributed by atoms with Crippen LogP contribution in [0.1, 0.15) is 41.7 Å². The highest BCUT2D eigenvalue weighted by Gasteiger charge is 2.12. The van der Waals surface area contributed by atoms with Gasteiger partial charge in [-0.05, 0) is 63.4 Å². The van der Waals surface area contributed by atoms with Crippen molar-refractivity contribution in [2.24, 2.45) is 0 Å². The minimum atomic E-state index is 0.946. The third-order valence-corrected chi connectivity index (χ3v) is 11.6. The van der Waals surface area contributed by atoms with Crippen molar-refractivity contribution in [1.82, 2.24) is 0 Å². The van der Waals surface area contributed by atoms with Gasteiger partial charge in [-0.15, -0.1) is 11.3 Å². The van der Waals surface area contributed by atoms with Crippen LogP contribution in [0.3, 0.4) is 0 Å². The number of benzene rings is 9. The van der Waals surface area contributed by atoms with Crippen LogP contribution in [0, 0.1) is 34.6 Å². The third kappa shape index (κ3) is 12.5. The van der Waals surface area contributed by atoms with Crippen LogP contribution in [0.4, 0.5) is 0 Å². The van der Waals surface area contributed by atoms with Gasteiger partial charge in [0.2, 0.25) is 0 Å². The van der Waals surface area contributed by atoms with Gasteiger partial charge in [0, 0.05) is 36.5 Å². The predicted octanol–water partition coefficient (Wildman–Crippen LogP) is 18.6. The second-order valence-electron chi connectivity index (χ2n) is 15.3. The van der Waals surface area contributed by atoms with E-state index in [2.05, 4.69) is 192 Å². The first-order valence-corrected chi connectivity index (χ1v) is 22.7. The van der Waals surface area contributed by atoms with E-state index in [0.29, 0.717) is 0 Å². The van der Waals surface area contributed by atoms with Crippen molar-refractivity contribution >= 4 is 53.4 Å². The molecule has 0 spiro atoms. The number of aryl methyl sites for hydroxylation is 5. The summed E-state index contributed by atoms with van der Waals surface area (Å²) in [6.07, 6.45) is 0. The summed E-state index contributed by atoms with van der Waals surface area (Å²) in [6.45, 7) is 14.5. The van der Waals surface area contributed by atoms with Crippen LogP contribution in [-0.2, 0) is 0 Å². The second-order valence-corrected chi connectivity index (χ2v) is 16.3. The Balaban J connectivity index is 0.000000142. The fourth-order valence-corrected chi connectivity index (χ4v) is 8.26. The zero-order chi connectivity index (χ0) is 44.4. The number of fused-ring (bicyclic) bond motifs is 6. The molecule has 0 unspecified atom stereocenters. The van der Waals surface area contributed by atoms with E-state index in [1.54, 1.807) is 0 Å². The largest absolute Gasteiger partial charge is 0.455 e. The van der Waals surface area contributed by atoms with Crippen LogP contribution >= 0.6 is 11.3 Å². The summed E-state index contributed by atoms with van der Waals surface area (Å²) in [5.41, 5.74) is 13.4. The molecule has 2 heteroatoms. The second kappa shape index (κ2) is 23.3. The van der Waals surface area contributed by atoms with Crippen LogP contribution in [0.15, 0.2) is 229 Å². The van der Waals surface area contributed by atoms with Gasteiger partial charge in [-0.1, -0.05) is 254 Å². The van der Waals surface area contributed by atoms with Crippen molar-refractivity contribution in [2.45, 2.75) is 48.5 Å². The Morgan fingerprint density at radius 2 is 0.683 bits per heavy atom. The van der Waals surface area contributed by atoms with Gasteiger partial charge in [-0.25, -0.2) is 0 Å². The molecule has 9 aromatic carbocycles. The molecule has 2 aromatic heterocycles. The lowest BCUT2D eigenvalue weighted by molar-refractivity contribution is 0.670. The molecule has 11 rings (SSSR count). The molecule has 11 aromatic rings. The van der Waals surface area contributed by atoms with Gasteiger partial charge in [-0.3, -0.25) is 0 Å². The number of furan rings is 1. The van der Waals surface area contributed by atoms with Crippen LogP contribution in [0.25, 0.3) is 64.4 Å². The molecule has 0 aliphatic rings. The molecule has 0 N–H and O–H groups in total. The summed E-state index contributed by atoms with van der Waals surface area (Å²) in [5.74, 6) is 0. The summed E-state index contributed by atoms with van der Waals surface area (Å²) in [7, 11) is 0. The molecule has 0 radical (unpaired) electrons. The van der Waals surface area contributed by atoms with Gasteiger partial charge in [0.15, 0.2) is 0 Å². The van der Waals surface area contributed by atoms with Crippen LogP contribution in [-0.4, -0.2) is 0 Å². The van der Waals surface area contributed by atoms with E-state index in [0.717, 1.165) is 16.7 Å². The lowest BCUT2D eigenvalue weighted by Crippen LogP contribution is -1.79. The summed E-state index contributed by atoms with van der Waals surface area (Å²) in [5, 5.41) is 5.08. The maximum atomic E-state index is 6.07. The summed E-state index contributed by atoms with van der Waals surface area (Å²) < 4.78 is 8.82. The average Bonchev–Trinajstić information content (AvgIpc) is 3.91. The van der Waals surface area contributed by atoms with Gasteiger partial charge in [-0.2, -0.15) is 0 Å². The Morgan fingerprint density at radius 3 is 1.17 bits per heavy atom. The summed E-state index contributed by atoms with van der Waals surface area (Å²) in [4.78, 5) is 0. The molecule has 0 fully saturated rings. The third-order valence-electron chi connectivity index (χ3n) is 10.4. The van der Waals surface area contributed by atoms with Crippen molar-refractivity contribution in [1.29, 1.82) is 0 Å². The molecule has 0 atom stereocenters. The maximum Gasteiger partial charge on any atom is 0.143 e. The summed E-state index contributed by atoms with van der Waals surface area (Å²) >= 11 is 1.89. The molecule has 0 amide bonds. The van der Waals surface area contributed by atoms with E-state index in [-0.39, 0.29) is 0 Å². The molecule has 0 aliphatic heterocycles. The standard InChI is InChI=1S/C19H14O.C19H14S.3C7H8.C2H6/c2*1-13-9-11-14(12-10-13)15-6-4-7-17-16-5-2-3-8-18(16)20-19(15)17;3*1-7-5-3-2-4-6-7;1-2/h2*2-12H,1H3;3*2-6H,1H3;1-2H3. The van der Waals surface area contributed by atoms with E-state index >= 15 is 0 Å². The van der Waals surface area contributed by atoms with E-state index in [4.69, 9.17) is 4.42 Å². The van der Waals surface area contributed by atoms with E-state index < -0.39 is 0 Å². The number of rotatable bonds is 2. The van der Waals surface area contributed by atoms with E-state index in [9.17, 15) is 0 Å². The fourth-order valence-electron chi connectivity index (χ4n) is 7.02. The lowest BCUT2D eigenvalue weighted by atomic mass is 10.0. The minimum absolute atomic E-state index is 0.946. The molecule has 2 heterocycles. The molecule has 0 bridgehead atoms. The quantitative estimate of drug-likeness (QED) is 0.169. The SMILES string of the molecule is CC.Cc1ccc(-c2cccc3c2oc2ccccc23)cc1.Cc1ccc(-c2cccc3c2sc2ccccc23)cc1.Cc1ccccc1.Cc1ccccc1.Cc1ccccc1. The average molecular weight is 839 g/mol. The highest BCUT2D eigenvalue weighted by atomic mass is 32.1. The van der Waals surface area contributed by atoms with Gasteiger partial charge in [0.05, 0.1) is 0 Å². The van der Waals surface area contributed by atoms with Crippen molar-refractivity contribution in [2.75, 3.05) is 0 Å². The van der Waals surface area contributed by atoms with Gasteiger partial charge < -0.3 is 4.42 Å². The number of thiophene rings is 1. The van der Waals surface area contributed by atoms with Crippen LogP contribution in [0.5, 0.6) is 0 Å². The highest BCUT2D eigenvalue weighted by molar-refractivity contribution is 7.26. The lowest BCUT2D eigenvalue weighted by Gasteiger charge is -2.04. The normalized spacial score (nSPS) is 10.1. The Morgan fingerprint density at radius 1 is 0.302 bits per heavy atom. The molecule has 0 aliphatic carbocycles. The molecule has 0 saturated heterocycles. The number of hydrogen-bond donors (Lipinski definition) is 0. The van der Waals surface area contributed by atoms with Crippen molar-refractivity contribution < 1.29 is 4.42 Å². The zero-order valence-electron chi connectivity index (χ0n) is 37.7. The zero-order valence-corrected chi connectivity index (χ0v) is 38.5. The molecule has 63 heavy (non-hydrogen) atoms. The monoisotopic (exact) mass is 838 g/mol. The first-order valence-electron chi connectivity index (χ1n) is 21.8.